The first-order valence-electron chi connectivity index (χ1n) is 3.58. The molecule has 1 rings (SSSR count). The van der Waals surface area contributed by atoms with E-state index in [1.54, 1.807) is 0 Å². The number of amides is 1. The molecule has 0 saturated carbocycles. The fourth-order valence-electron chi connectivity index (χ4n) is 0.977. The third-order valence-corrected chi connectivity index (χ3v) is 1.65. The zero-order chi connectivity index (χ0) is 7.61. The molecule has 0 aromatic heterocycles. The lowest BCUT2D eigenvalue weighted by atomic mass is 9.94. The second-order valence-corrected chi connectivity index (χ2v) is 3.54. The standard InChI is InChI=1S/C7H14N2O/c1-7(2)4-8-3-6(10)9-5-7/h8H,3-5H2,1-2H3,(H,9,10). The van der Waals surface area contributed by atoms with Crippen molar-refractivity contribution < 1.29 is 4.79 Å². The van der Waals surface area contributed by atoms with E-state index in [9.17, 15) is 4.79 Å². The molecular weight excluding hydrogens is 128 g/mol. The van der Waals surface area contributed by atoms with Crippen LogP contribution in [0.4, 0.5) is 0 Å². The summed E-state index contributed by atoms with van der Waals surface area (Å²) in [6, 6.07) is 0. The van der Waals surface area contributed by atoms with E-state index in [1.165, 1.54) is 0 Å². The Kier molecular flexibility index (Phi) is 1.94. The maximum absolute atomic E-state index is 10.8. The molecule has 0 aromatic carbocycles. The zero-order valence-corrected chi connectivity index (χ0v) is 6.53. The Bertz CT molecular complexity index is 143. The van der Waals surface area contributed by atoms with E-state index in [0.717, 1.165) is 13.1 Å². The van der Waals surface area contributed by atoms with Crippen LogP contribution in [0.15, 0.2) is 0 Å². The largest absolute Gasteiger partial charge is 0.354 e. The summed E-state index contributed by atoms with van der Waals surface area (Å²) >= 11 is 0. The van der Waals surface area contributed by atoms with Crippen molar-refractivity contribution in [2.75, 3.05) is 19.6 Å². The van der Waals surface area contributed by atoms with Crippen LogP contribution in [0.2, 0.25) is 0 Å². The molecule has 0 spiro atoms. The topological polar surface area (TPSA) is 41.1 Å². The summed E-state index contributed by atoms with van der Waals surface area (Å²) in [6.07, 6.45) is 0. The smallest absolute Gasteiger partial charge is 0.233 e. The van der Waals surface area contributed by atoms with Crippen LogP contribution < -0.4 is 10.6 Å². The van der Waals surface area contributed by atoms with Crippen LogP contribution in [-0.4, -0.2) is 25.5 Å². The number of rotatable bonds is 0. The maximum atomic E-state index is 10.8. The van der Waals surface area contributed by atoms with E-state index in [-0.39, 0.29) is 11.3 Å². The van der Waals surface area contributed by atoms with Gasteiger partial charge in [0, 0.05) is 13.1 Å². The molecule has 3 heteroatoms. The molecule has 0 aromatic rings. The Hall–Kier alpha value is -0.570. The summed E-state index contributed by atoms with van der Waals surface area (Å²) in [7, 11) is 0. The lowest BCUT2D eigenvalue weighted by Gasteiger charge is -2.20. The molecule has 3 nitrogen and oxygen atoms in total. The predicted molar refractivity (Wildman–Crippen MR) is 39.7 cm³/mol. The van der Waals surface area contributed by atoms with Gasteiger partial charge in [0.15, 0.2) is 0 Å². The van der Waals surface area contributed by atoms with Crippen molar-refractivity contribution in [3.63, 3.8) is 0 Å². The van der Waals surface area contributed by atoms with Crippen LogP contribution in [-0.2, 0) is 4.79 Å². The number of carbonyl (C=O) groups excluding carboxylic acids is 1. The highest BCUT2D eigenvalue weighted by Gasteiger charge is 2.21. The van der Waals surface area contributed by atoms with Gasteiger partial charge in [0.1, 0.15) is 0 Å². The molecule has 10 heavy (non-hydrogen) atoms. The Labute approximate surface area is 61.2 Å². The summed E-state index contributed by atoms with van der Waals surface area (Å²) in [5, 5.41) is 5.91. The van der Waals surface area contributed by atoms with Crippen LogP contribution in [0.3, 0.4) is 0 Å². The van der Waals surface area contributed by atoms with Gasteiger partial charge < -0.3 is 10.6 Å². The van der Waals surface area contributed by atoms with Gasteiger partial charge in [0.2, 0.25) is 5.91 Å². The number of carbonyl (C=O) groups is 1. The average molecular weight is 142 g/mol. The molecule has 1 aliphatic heterocycles. The van der Waals surface area contributed by atoms with Gasteiger partial charge in [-0.15, -0.1) is 0 Å². The molecule has 0 unspecified atom stereocenters. The highest BCUT2D eigenvalue weighted by molar-refractivity contribution is 5.78. The predicted octanol–water partition coefficient (Wildman–Crippen LogP) is -0.268. The van der Waals surface area contributed by atoms with Crippen molar-refractivity contribution in [1.29, 1.82) is 0 Å². The molecule has 1 saturated heterocycles. The summed E-state index contributed by atoms with van der Waals surface area (Å²) in [6.45, 7) is 6.41. The molecule has 0 aliphatic carbocycles. The number of hydrogen-bond acceptors (Lipinski definition) is 2. The zero-order valence-electron chi connectivity index (χ0n) is 6.53. The summed E-state index contributed by atoms with van der Waals surface area (Å²) in [5.41, 5.74) is 0.201. The van der Waals surface area contributed by atoms with Crippen LogP contribution in [0.5, 0.6) is 0 Å². The highest BCUT2D eigenvalue weighted by Crippen LogP contribution is 2.12. The van der Waals surface area contributed by atoms with E-state index >= 15 is 0 Å². The van der Waals surface area contributed by atoms with E-state index in [1.807, 2.05) is 0 Å². The quantitative estimate of drug-likeness (QED) is 0.489. The molecule has 0 bridgehead atoms. The van der Waals surface area contributed by atoms with Gasteiger partial charge in [0.25, 0.3) is 0 Å². The van der Waals surface area contributed by atoms with Crippen molar-refractivity contribution in [3.8, 4) is 0 Å². The highest BCUT2D eigenvalue weighted by atomic mass is 16.1. The SMILES string of the molecule is CC1(C)CNCC(=O)NC1. The van der Waals surface area contributed by atoms with Gasteiger partial charge in [-0.1, -0.05) is 13.8 Å². The number of hydrogen-bond donors (Lipinski definition) is 2. The van der Waals surface area contributed by atoms with Crippen LogP contribution >= 0.6 is 0 Å². The van der Waals surface area contributed by atoms with Crippen molar-refractivity contribution in [1.82, 2.24) is 10.6 Å². The van der Waals surface area contributed by atoms with Gasteiger partial charge in [-0.25, -0.2) is 0 Å². The molecule has 58 valence electrons. The maximum Gasteiger partial charge on any atom is 0.233 e. The molecular formula is C7H14N2O. The van der Waals surface area contributed by atoms with Crippen molar-refractivity contribution in [2.24, 2.45) is 5.41 Å². The van der Waals surface area contributed by atoms with Gasteiger partial charge in [-0.2, -0.15) is 0 Å². The van der Waals surface area contributed by atoms with Gasteiger partial charge in [0.05, 0.1) is 6.54 Å². The Morgan fingerprint density at radius 3 is 2.80 bits per heavy atom. The lowest BCUT2D eigenvalue weighted by Crippen LogP contribution is -2.32. The third-order valence-electron chi connectivity index (χ3n) is 1.65. The third kappa shape index (κ3) is 1.99. The molecule has 2 N–H and O–H groups in total. The monoisotopic (exact) mass is 142 g/mol. The second-order valence-electron chi connectivity index (χ2n) is 3.54. The van der Waals surface area contributed by atoms with Crippen LogP contribution in [0.25, 0.3) is 0 Å². The summed E-state index contributed by atoms with van der Waals surface area (Å²) in [5.74, 6) is 0.102. The molecule has 0 radical (unpaired) electrons. The van der Waals surface area contributed by atoms with E-state index in [4.69, 9.17) is 0 Å². The fourth-order valence-corrected chi connectivity index (χ4v) is 0.977. The fraction of sp³-hybridized carbons (Fsp3) is 0.857. The first kappa shape index (κ1) is 7.54. The molecule has 1 heterocycles. The van der Waals surface area contributed by atoms with Crippen molar-refractivity contribution in [3.05, 3.63) is 0 Å². The first-order chi connectivity index (χ1) is 4.60. The minimum atomic E-state index is 0.102. The van der Waals surface area contributed by atoms with Crippen molar-refractivity contribution in [2.45, 2.75) is 13.8 Å². The van der Waals surface area contributed by atoms with E-state index < -0.39 is 0 Å². The summed E-state index contributed by atoms with van der Waals surface area (Å²) < 4.78 is 0. The van der Waals surface area contributed by atoms with Gasteiger partial charge in [-0.05, 0) is 5.41 Å². The summed E-state index contributed by atoms with van der Waals surface area (Å²) in [4.78, 5) is 10.8. The normalized spacial score (nSPS) is 25.2. The molecule has 1 fully saturated rings. The van der Waals surface area contributed by atoms with Gasteiger partial charge >= 0.3 is 0 Å². The Morgan fingerprint density at radius 1 is 1.40 bits per heavy atom. The molecule has 1 amide bonds. The minimum Gasteiger partial charge on any atom is -0.354 e. The average Bonchev–Trinajstić information content (AvgIpc) is 1.94. The van der Waals surface area contributed by atoms with E-state index in [2.05, 4.69) is 24.5 Å². The molecule has 0 atom stereocenters. The molecule has 1 aliphatic rings. The second kappa shape index (κ2) is 2.58. The van der Waals surface area contributed by atoms with E-state index in [0.29, 0.717) is 6.54 Å². The Balaban J connectivity index is 2.48. The Morgan fingerprint density at radius 2 is 2.10 bits per heavy atom. The minimum absolute atomic E-state index is 0.102. The van der Waals surface area contributed by atoms with Crippen LogP contribution in [0, 0.1) is 5.41 Å². The number of nitrogens with one attached hydrogen (secondary N) is 2. The van der Waals surface area contributed by atoms with Crippen LogP contribution in [0.1, 0.15) is 13.8 Å². The lowest BCUT2D eigenvalue weighted by molar-refractivity contribution is -0.119. The first-order valence-corrected chi connectivity index (χ1v) is 3.58. The van der Waals surface area contributed by atoms with Gasteiger partial charge in [-0.3, -0.25) is 4.79 Å². The van der Waals surface area contributed by atoms with Crippen molar-refractivity contribution >= 4 is 5.91 Å².